The smallest absolute Gasteiger partial charge is 0.146 e. The van der Waals surface area contributed by atoms with Crippen molar-refractivity contribution >= 4 is 49.1 Å². The van der Waals surface area contributed by atoms with Crippen LogP contribution in [0.1, 0.15) is 49.3 Å². The van der Waals surface area contributed by atoms with Gasteiger partial charge in [-0.15, -0.1) is 0 Å². The van der Waals surface area contributed by atoms with Crippen LogP contribution >= 0.6 is 0 Å². The monoisotopic (exact) mass is 479 g/mol. The maximum Gasteiger partial charge on any atom is 0.146 e. The van der Waals surface area contributed by atoms with Gasteiger partial charge >= 0.3 is 0 Å². The Kier molecular flexibility index (Phi) is 5.00. The van der Waals surface area contributed by atoms with Crippen LogP contribution in [0.2, 0.25) is 0 Å². The normalized spacial score (nSPS) is 13.0. The highest BCUT2D eigenvalue weighted by atomic mass is 15.0. The average molecular weight is 480 g/mol. The number of hydrogen-bond donors (Lipinski definition) is 0. The van der Waals surface area contributed by atoms with Gasteiger partial charge in [0.2, 0.25) is 0 Å². The molecule has 0 saturated carbocycles. The van der Waals surface area contributed by atoms with E-state index in [2.05, 4.69) is 109 Å². The number of nitrogens with zero attached hydrogens (tertiary/aromatic N) is 3. The predicted octanol–water partition coefficient (Wildman–Crippen LogP) is 8.81. The van der Waals surface area contributed by atoms with Crippen LogP contribution in [-0.2, 0) is 6.42 Å². The Bertz CT molecular complexity index is 1950. The summed E-state index contributed by atoms with van der Waals surface area (Å²) in [5.74, 6) is 0.878. The molecule has 37 heavy (non-hydrogen) atoms. The van der Waals surface area contributed by atoms with Gasteiger partial charge in [-0.25, -0.2) is 4.98 Å². The molecule has 3 heteroatoms. The third-order valence-corrected chi connectivity index (χ3v) is 7.88. The Balaban J connectivity index is 1.51. The molecule has 0 saturated heterocycles. The van der Waals surface area contributed by atoms with E-state index in [-0.39, 0.29) is 0 Å². The number of rotatable bonds is 4. The molecule has 0 radical (unpaired) electrons. The number of hydrogen-bond acceptors (Lipinski definition) is 2. The Morgan fingerprint density at radius 3 is 2.43 bits per heavy atom. The number of imidazole rings is 1. The number of fused-ring (bicyclic) bond motifs is 10. The molecule has 0 amide bonds. The van der Waals surface area contributed by atoms with Crippen LogP contribution in [0.25, 0.3) is 49.1 Å². The molecule has 1 atom stereocenters. The molecule has 0 aliphatic heterocycles. The molecule has 0 aliphatic carbocycles. The first-order valence-electron chi connectivity index (χ1n) is 13.2. The zero-order valence-electron chi connectivity index (χ0n) is 21.4. The molecule has 0 fully saturated rings. The third-order valence-electron chi connectivity index (χ3n) is 7.88. The first-order chi connectivity index (χ1) is 18.1. The maximum absolute atomic E-state index is 5.11. The largest absolute Gasteiger partial charge is 0.292 e. The summed E-state index contributed by atoms with van der Waals surface area (Å²) in [4.78, 5) is 9.42. The molecule has 0 bridgehead atoms. The Morgan fingerprint density at radius 1 is 0.730 bits per heavy atom. The van der Waals surface area contributed by atoms with Gasteiger partial charge in [0.25, 0.3) is 0 Å². The van der Waals surface area contributed by atoms with E-state index < -0.39 is 0 Å². The lowest BCUT2D eigenvalue weighted by Crippen LogP contribution is -1.99. The Morgan fingerprint density at radius 2 is 1.59 bits per heavy atom. The van der Waals surface area contributed by atoms with Gasteiger partial charge in [0.1, 0.15) is 5.65 Å². The Labute approximate surface area is 216 Å². The lowest BCUT2D eigenvalue weighted by atomic mass is 9.91. The quantitative estimate of drug-likeness (QED) is 0.236. The zero-order valence-corrected chi connectivity index (χ0v) is 21.4. The van der Waals surface area contributed by atoms with Gasteiger partial charge in [0, 0.05) is 28.6 Å². The molecule has 7 rings (SSSR count). The summed E-state index contributed by atoms with van der Waals surface area (Å²) >= 11 is 0. The molecule has 3 heterocycles. The molecule has 7 aromatic rings. The van der Waals surface area contributed by atoms with Crippen molar-refractivity contribution in [3.05, 3.63) is 114 Å². The fourth-order valence-corrected chi connectivity index (χ4v) is 5.88. The highest BCUT2D eigenvalue weighted by Crippen LogP contribution is 2.38. The van der Waals surface area contributed by atoms with Crippen molar-refractivity contribution in [2.75, 3.05) is 0 Å². The molecule has 180 valence electrons. The first kappa shape index (κ1) is 22.0. The topological polar surface area (TPSA) is 30.2 Å². The van der Waals surface area contributed by atoms with Crippen molar-refractivity contribution in [3.63, 3.8) is 0 Å². The first-order valence-corrected chi connectivity index (χ1v) is 13.2. The van der Waals surface area contributed by atoms with Crippen LogP contribution in [0.5, 0.6) is 0 Å². The molecular formula is C34H29N3. The maximum atomic E-state index is 5.11. The lowest BCUT2D eigenvalue weighted by Gasteiger charge is -2.15. The zero-order chi connectivity index (χ0) is 25.1. The van der Waals surface area contributed by atoms with Gasteiger partial charge in [0.05, 0.1) is 16.6 Å². The van der Waals surface area contributed by atoms with Gasteiger partial charge in [0.15, 0.2) is 0 Å². The van der Waals surface area contributed by atoms with Crippen molar-refractivity contribution in [1.29, 1.82) is 0 Å². The highest BCUT2D eigenvalue weighted by Gasteiger charge is 2.17. The third kappa shape index (κ3) is 3.49. The lowest BCUT2D eigenvalue weighted by molar-refractivity contribution is 0.755. The van der Waals surface area contributed by atoms with E-state index in [1.807, 2.05) is 18.5 Å². The van der Waals surface area contributed by atoms with Gasteiger partial charge in [-0.3, -0.25) is 9.38 Å². The highest BCUT2D eigenvalue weighted by molar-refractivity contribution is 6.24. The molecule has 0 N–H and O–H groups in total. The van der Waals surface area contributed by atoms with Crippen LogP contribution in [0.15, 0.2) is 97.3 Å². The molecule has 3 aromatic heterocycles. The van der Waals surface area contributed by atoms with E-state index in [0.717, 1.165) is 23.1 Å². The second-order valence-electron chi connectivity index (χ2n) is 10.6. The number of pyridine rings is 2. The van der Waals surface area contributed by atoms with E-state index in [0.29, 0.717) is 11.8 Å². The van der Waals surface area contributed by atoms with E-state index in [9.17, 15) is 0 Å². The van der Waals surface area contributed by atoms with E-state index in [1.165, 1.54) is 49.1 Å². The summed E-state index contributed by atoms with van der Waals surface area (Å²) in [5.41, 5.74) is 8.41. The minimum Gasteiger partial charge on any atom is -0.292 e. The van der Waals surface area contributed by atoms with Crippen LogP contribution in [0.3, 0.4) is 0 Å². The minimum absolute atomic E-state index is 0.415. The summed E-state index contributed by atoms with van der Waals surface area (Å²) in [6.45, 7) is 6.81. The second-order valence-corrected chi connectivity index (χ2v) is 10.6. The number of para-hydroxylation sites is 2. The van der Waals surface area contributed by atoms with Crippen LogP contribution in [0, 0.1) is 0 Å². The summed E-state index contributed by atoms with van der Waals surface area (Å²) in [7, 11) is 0. The molecule has 0 aliphatic rings. The van der Waals surface area contributed by atoms with Crippen LogP contribution < -0.4 is 0 Å². The van der Waals surface area contributed by atoms with Crippen molar-refractivity contribution in [1.82, 2.24) is 14.4 Å². The second kappa shape index (κ2) is 8.41. The van der Waals surface area contributed by atoms with Gasteiger partial charge < -0.3 is 0 Å². The summed E-state index contributed by atoms with van der Waals surface area (Å²) < 4.78 is 2.34. The standard InChI is InChI=1S/C34H29N3/c1-21(2)24-12-15-31-29(19-24)33-27-13-10-23(17-22(3)26-7-6-16-35-20-26)18-25(27)11-14-28(33)34-36-30-8-4-5-9-32(30)37(31)34/h4-16,18-22H,17H2,1-3H3. The molecule has 0 spiro atoms. The number of aromatic nitrogens is 3. The summed E-state index contributed by atoms with van der Waals surface area (Å²) in [5, 5.41) is 6.35. The molecular weight excluding hydrogens is 450 g/mol. The summed E-state index contributed by atoms with van der Waals surface area (Å²) in [6.07, 6.45) is 4.81. The fourth-order valence-electron chi connectivity index (χ4n) is 5.88. The molecule has 4 aromatic carbocycles. The minimum atomic E-state index is 0.415. The molecule has 1 unspecified atom stereocenters. The SMILES string of the molecule is CC(C)c1ccc2c(c1)c1c3ccc(CC(C)c4cccnc4)cc3ccc1c1nc3ccccc3n21. The van der Waals surface area contributed by atoms with Crippen LogP contribution in [-0.4, -0.2) is 14.4 Å². The van der Waals surface area contributed by atoms with Gasteiger partial charge in [-0.05, 0) is 82.1 Å². The summed E-state index contributed by atoms with van der Waals surface area (Å²) in [6, 6.07) is 31.1. The fraction of sp³-hybridized carbons (Fsp3) is 0.176. The van der Waals surface area contributed by atoms with E-state index >= 15 is 0 Å². The van der Waals surface area contributed by atoms with Crippen molar-refractivity contribution in [2.24, 2.45) is 0 Å². The van der Waals surface area contributed by atoms with E-state index in [1.54, 1.807) is 0 Å². The Hall–Kier alpha value is -4.24. The van der Waals surface area contributed by atoms with E-state index in [4.69, 9.17) is 4.98 Å². The van der Waals surface area contributed by atoms with Crippen molar-refractivity contribution in [2.45, 2.75) is 39.0 Å². The molecule has 3 nitrogen and oxygen atoms in total. The van der Waals surface area contributed by atoms with Crippen LogP contribution in [0.4, 0.5) is 0 Å². The van der Waals surface area contributed by atoms with Crippen molar-refractivity contribution in [3.8, 4) is 0 Å². The average Bonchev–Trinajstić information content (AvgIpc) is 3.33. The van der Waals surface area contributed by atoms with Gasteiger partial charge in [-0.2, -0.15) is 0 Å². The predicted molar refractivity (Wildman–Crippen MR) is 156 cm³/mol. The van der Waals surface area contributed by atoms with Crippen molar-refractivity contribution < 1.29 is 0 Å². The number of benzene rings is 4. The van der Waals surface area contributed by atoms with Gasteiger partial charge in [-0.1, -0.05) is 69.3 Å².